The van der Waals surface area contributed by atoms with Crippen molar-refractivity contribution in [1.29, 1.82) is 0 Å². The maximum Gasteiger partial charge on any atom is 0.270 e. The molecule has 152 valence electrons. The fourth-order valence-electron chi connectivity index (χ4n) is 4.79. The van der Waals surface area contributed by atoms with Gasteiger partial charge >= 0.3 is 0 Å². The van der Waals surface area contributed by atoms with Crippen molar-refractivity contribution in [2.24, 2.45) is 0 Å². The summed E-state index contributed by atoms with van der Waals surface area (Å²) in [5.74, 6) is 1.06. The lowest BCUT2D eigenvalue weighted by Crippen LogP contribution is -2.49. The minimum Gasteiger partial charge on any atom is -0.497 e. The van der Waals surface area contributed by atoms with E-state index in [1.54, 1.807) is 18.4 Å². The van der Waals surface area contributed by atoms with E-state index in [1.807, 2.05) is 17.0 Å². The summed E-state index contributed by atoms with van der Waals surface area (Å²) in [5.41, 5.74) is 3.31. The molecule has 0 N–H and O–H groups in total. The second-order valence-corrected chi connectivity index (χ2v) is 8.93. The molecule has 2 aliphatic rings. The van der Waals surface area contributed by atoms with Crippen LogP contribution in [-0.2, 0) is 0 Å². The van der Waals surface area contributed by atoms with Gasteiger partial charge in [-0.3, -0.25) is 4.79 Å². The Bertz CT molecular complexity index is 993. The van der Waals surface area contributed by atoms with Gasteiger partial charge in [0.1, 0.15) is 11.4 Å². The fourth-order valence-corrected chi connectivity index (χ4v) is 5.60. The number of anilines is 1. The number of aromatic nitrogens is 1. The van der Waals surface area contributed by atoms with Crippen LogP contribution in [0.1, 0.15) is 42.2 Å². The average Bonchev–Trinajstić information content (AvgIpc) is 3.51. The first-order valence-electron chi connectivity index (χ1n) is 10.5. The van der Waals surface area contributed by atoms with Gasteiger partial charge in [0.15, 0.2) is 0 Å². The number of ether oxygens (including phenoxy) is 1. The van der Waals surface area contributed by atoms with Gasteiger partial charge in [0.05, 0.1) is 17.3 Å². The first-order valence-corrected chi connectivity index (χ1v) is 11.4. The number of rotatable bonds is 4. The highest BCUT2D eigenvalue weighted by atomic mass is 32.1. The topological polar surface area (TPSA) is 37.7 Å². The van der Waals surface area contributed by atoms with Crippen LogP contribution in [0.4, 0.5) is 5.69 Å². The van der Waals surface area contributed by atoms with Crippen LogP contribution in [0, 0.1) is 0 Å². The second-order valence-electron chi connectivity index (χ2n) is 7.99. The Kier molecular flexibility index (Phi) is 4.96. The summed E-state index contributed by atoms with van der Waals surface area (Å²) >= 11 is 1.74. The molecular weight excluding hydrogens is 382 g/mol. The minimum atomic E-state index is 0.190. The monoisotopic (exact) mass is 409 g/mol. The van der Waals surface area contributed by atoms with Crippen LogP contribution in [0.2, 0.25) is 0 Å². The summed E-state index contributed by atoms with van der Waals surface area (Å²) in [6.07, 6.45) is 4.90. The largest absolute Gasteiger partial charge is 0.497 e. The molecule has 1 saturated heterocycles. The Labute approximate surface area is 175 Å². The molecule has 0 radical (unpaired) electrons. The standard InChI is InChI=1S/C23H27N3O2S/c1-28-19-8-6-17(7-9-19)24-11-13-25(14-12-24)23(27)21-16-22-20(10-15-29-22)26(21)18-4-2-3-5-18/h6-10,15-16,18H,2-5,11-14H2,1H3. The van der Waals surface area contributed by atoms with E-state index in [-0.39, 0.29) is 5.91 Å². The number of fused-ring (bicyclic) bond motifs is 1. The number of carbonyl (C=O) groups excluding carboxylic acids is 1. The van der Waals surface area contributed by atoms with E-state index in [1.165, 1.54) is 41.6 Å². The average molecular weight is 410 g/mol. The normalized spacial score (nSPS) is 18.0. The predicted octanol–water partition coefficient (Wildman–Crippen LogP) is 4.79. The molecule has 29 heavy (non-hydrogen) atoms. The molecule has 1 aliphatic carbocycles. The molecule has 2 aromatic heterocycles. The van der Waals surface area contributed by atoms with Crippen LogP contribution in [-0.4, -0.2) is 48.7 Å². The Morgan fingerprint density at radius 1 is 1.03 bits per heavy atom. The zero-order chi connectivity index (χ0) is 19.8. The van der Waals surface area contributed by atoms with Crippen molar-refractivity contribution >= 4 is 33.1 Å². The summed E-state index contributed by atoms with van der Waals surface area (Å²) < 4.78 is 8.83. The zero-order valence-corrected chi connectivity index (χ0v) is 17.7. The second kappa shape index (κ2) is 7.75. The molecule has 0 atom stereocenters. The van der Waals surface area contributed by atoms with E-state index in [9.17, 15) is 4.79 Å². The highest BCUT2D eigenvalue weighted by Crippen LogP contribution is 2.37. The van der Waals surface area contributed by atoms with Crippen LogP contribution in [0.25, 0.3) is 10.2 Å². The molecular formula is C23H27N3O2S. The molecule has 6 heteroatoms. The van der Waals surface area contributed by atoms with Gasteiger partial charge in [-0.05, 0) is 54.6 Å². The highest BCUT2D eigenvalue weighted by molar-refractivity contribution is 7.17. The van der Waals surface area contributed by atoms with Gasteiger partial charge in [-0.1, -0.05) is 12.8 Å². The molecule has 5 nitrogen and oxygen atoms in total. The van der Waals surface area contributed by atoms with Crippen molar-refractivity contribution in [1.82, 2.24) is 9.47 Å². The number of methoxy groups -OCH3 is 1. The summed E-state index contributed by atoms with van der Waals surface area (Å²) in [4.78, 5) is 17.8. The SMILES string of the molecule is COc1ccc(N2CCN(C(=O)c3cc4sccc4n3C3CCCC3)CC2)cc1. The maximum absolute atomic E-state index is 13.4. The molecule has 0 bridgehead atoms. The number of hydrogen-bond acceptors (Lipinski definition) is 4. The molecule has 3 heterocycles. The number of benzene rings is 1. The Balaban J connectivity index is 1.33. The lowest BCUT2D eigenvalue weighted by atomic mass is 10.2. The number of amides is 1. The lowest BCUT2D eigenvalue weighted by molar-refractivity contribution is 0.0734. The first-order chi connectivity index (χ1) is 14.2. The van der Waals surface area contributed by atoms with Gasteiger partial charge in [-0.15, -0.1) is 11.3 Å². The van der Waals surface area contributed by atoms with Gasteiger partial charge < -0.3 is 19.1 Å². The minimum absolute atomic E-state index is 0.190. The zero-order valence-electron chi connectivity index (χ0n) is 16.8. The Hall–Kier alpha value is -2.47. The summed E-state index contributed by atoms with van der Waals surface area (Å²) in [6, 6.07) is 12.9. The number of thiophene rings is 1. The van der Waals surface area contributed by atoms with E-state index in [0.717, 1.165) is 37.6 Å². The number of carbonyl (C=O) groups is 1. The molecule has 0 unspecified atom stereocenters. The van der Waals surface area contributed by atoms with Gasteiger partial charge in [0.2, 0.25) is 0 Å². The number of nitrogens with zero attached hydrogens (tertiary/aromatic N) is 3. The quantitative estimate of drug-likeness (QED) is 0.622. The molecule has 0 spiro atoms. The molecule has 3 aromatic rings. The van der Waals surface area contributed by atoms with Gasteiger partial charge in [-0.2, -0.15) is 0 Å². The van der Waals surface area contributed by atoms with Crippen LogP contribution in [0.5, 0.6) is 5.75 Å². The van der Waals surface area contributed by atoms with Crippen LogP contribution >= 0.6 is 11.3 Å². The Morgan fingerprint density at radius 3 is 2.45 bits per heavy atom. The van der Waals surface area contributed by atoms with E-state index in [0.29, 0.717) is 6.04 Å². The van der Waals surface area contributed by atoms with Crippen LogP contribution in [0.15, 0.2) is 41.8 Å². The van der Waals surface area contributed by atoms with E-state index in [2.05, 4.69) is 39.1 Å². The smallest absolute Gasteiger partial charge is 0.270 e. The van der Waals surface area contributed by atoms with Gasteiger partial charge in [0, 0.05) is 37.9 Å². The summed E-state index contributed by atoms with van der Waals surface area (Å²) in [7, 11) is 1.69. The molecule has 1 amide bonds. The van der Waals surface area contributed by atoms with E-state index in [4.69, 9.17) is 4.74 Å². The van der Waals surface area contributed by atoms with E-state index >= 15 is 0 Å². The Morgan fingerprint density at radius 2 is 1.76 bits per heavy atom. The first kappa shape index (κ1) is 18.6. The van der Waals surface area contributed by atoms with Crippen molar-refractivity contribution in [2.45, 2.75) is 31.7 Å². The number of hydrogen-bond donors (Lipinski definition) is 0. The fraction of sp³-hybridized carbons (Fsp3) is 0.435. The third kappa shape index (κ3) is 3.39. The summed E-state index contributed by atoms with van der Waals surface area (Å²) in [6.45, 7) is 3.23. The maximum atomic E-state index is 13.4. The lowest BCUT2D eigenvalue weighted by Gasteiger charge is -2.36. The van der Waals surface area contributed by atoms with Crippen LogP contribution in [0.3, 0.4) is 0 Å². The molecule has 1 aromatic carbocycles. The van der Waals surface area contributed by atoms with Crippen molar-refractivity contribution < 1.29 is 9.53 Å². The highest BCUT2D eigenvalue weighted by Gasteiger charge is 2.29. The van der Waals surface area contributed by atoms with Crippen molar-refractivity contribution in [3.8, 4) is 5.75 Å². The molecule has 1 aliphatic heterocycles. The van der Waals surface area contributed by atoms with Gasteiger partial charge in [0.25, 0.3) is 5.91 Å². The van der Waals surface area contributed by atoms with Crippen molar-refractivity contribution in [3.05, 3.63) is 47.5 Å². The molecule has 5 rings (SSSR count). The van der Waals surface area contributed by atoms with E-state index < -0.39 is 0 Å². The molecule has 2 fully saturated rings. The summed E-state index contributed by atoms with van der Waals surface area (Å²) in [5, 5.41) is 2.14. The number of piperazine rings is 1. The predicted molar refractivity (Wildman–Crippen MR) is 118 cm³/mol. The van der Waals surface area contributed by atoms with Gasteiger partial charge in [-0.25, -0.2) is 0 Å². The molecule has 1 saturated carbocycles. The van der Waals surface area contributed by atoms with Crippen molar-refractivity contribution in [2.75, 3.05) is 38.2 Å². The third-order valence-electron chi connectivity index (χ3n) is 6.37. The van der Waals surface area contributed by atoms with Crippen molar-refractivity contribution in [3.63, 3.8) is 0 Å². The third-order valence-corrected chi connectivity index (χ3v) is 7.23. The van der Waals surface area contributed by atoms with Crippen LogP contribution < -0.4 is 9.64 Å².